The van der Waals surface area contributed by atoms with Crippen LogP contribution in [0.4, 0.5) is 8.78 Å². The predicted molar refractivity (Wildman–Crippen MR) is 147 cm³/mol. The van der Waals surface area contributed by atoms with Gasteiger partial charge in [0.25, 0.3) is 5.92 Å². The summed E-state index contributed by atoms with van der Waals surface area (Å²) in [7, 11) is 0. The Kier molecular flexibility index (Phi) is 6.57. The van der Waals surface area contributed by atoms with Gasteiger partial charge in [-0.2, -0.15) is 4.90 Å². The van der Waals surface area contributed by atoms with Crippen LogP contribution in [0.5, 0.6) is 0 Å². The van der Waals surface area contributed by atoms with E-state index in [2.05, 4.69) is 0 Å². The van der Waals surface area contributed by atoms with Crippen LogP contribution < -0.4 is 0 Å². The van der Waals surface area contributed by atoms with E-state index in [0.29, 0.717) is 38.5 Å². The van der Waals surface area contributed by atoms with E-state index in [0.717, 1.165) is 9.80 Å². The van der Waals surface area contributed by atoms with Crippen molar-refractivity contribution in [2.75, 3.05) is 6.54 Å². The molecule has 7 aliphatic rings. The van der Waals surface area contributed by atoms with Crippen molar-refractivity contribution in [3.05, 3.63) is 0 Å². The number of fused-ring (bicyclic) bond motifs is 2. The summed E-state index contributed by atoms with van der Waals surface area (Å²) in [6.45, 7) is 7.85. The highest BCUT2D eigenvalue weighted by Gasteiger charge is 2.90. The van der Waals surface area contributed by atoms with Crippen LogP contribution in [0.2, 0.25) is 0 Å². The van der Waals surface area contributed by atoms with Crippen LogP contribution in [0, 0.1) is 34.0 Å². The smallest absolute Gasteiger partial charge is 0.252 e. The van der Waals surface area contributed by atoms with Crippen LogP contribution in [0.25, 0.3) is 0 Å². The SMILES string of the molecule is CC(C)C(O)(O)[C@]1(C)N(CC2CC2(F)F)C(O)(O)CC12CC2.CC(C)C(O)(O)[C@]12CC3(CC3)C(O)(O)N1C(O)(O)CC21CC1. The Bertz CT molecular complexity index is 1210. The molecule has 44 heavy (non-hydrogen) atoms. The lowest BCUT2D eigenvalue weighted by Gasteiger charge is -2.51. The Balaban J connectivity index is 0.000000156. The van der Waals surface area contributed by atoms with Crippen LogP contribution in [0.1, 0.15) is 98.8 Å². The van der Waals surface area contributed by atoms with Crippen molar-refractivity contribution in [3.8, 4) is 0 Å². The maximum Gasteiger partial charge on any atom is 0.252 e. The fourth-order valence-corrected chi connectivity index (χ4v) is 9.77. The molecule has 3 aliphatic heterocycles. The number of likely N-dealkylation sites (tertiary alicyclic amines) is 1. The van der Waals surface area contributed by atoms with Gasteiger partial charge in [0.05, 0.1) is 11.1 Å². The van der Waals surface area contributed by atoms with Crippen molar-refractivity contribution in [3.63, 3.8) is 0 Å². The first-order valence-electron chi connectivity index (χ1n) is 15.9. The molecule has 3 saturated heterocycles. The van der Waals surface area contributed by atoms with Crippen molar-refractivity contribution in [2.45, 2.75) is 145 Å². The van der Waals surface area contributed by atoms with E-state index in [4.69, 9.17) is 0 Å². The van der Waals surface area contributed by atoms with E-state index >= 15 is 0 Å². The Labute approximate surface area is 255 Å². The van der Waals surface area contributed by atoms with Crippen molar-refractivity contribution in [2.24, 2.45) is 34.0 Å². The van der Waals surface area contributed by atoms with Gasteiger partial charge in [-0.1, -0.05) is 27.7 Å². The van der Waals surface area contributed by atoms with E-state index in [9.17, 15) is 59.8 Å². The summed E-state index contributed by atoms with van der Waals surface area (Å²) < 4.78 is 26.6. The van der Waals surface area contributed by atoms with Gasteiger partial charge in [-0.3, -0.25) is 0 Å². The van der Waals surface area contributed by atoms with Crippen LogP contribution in [0.3, 0.4) is 0 Å². The van der Waals surface area contributed by atoms with Gasteiger partial charge in [-0.15, -0.1) is 0 Å². The molecule has 10 N–H and O–H groups in total. The van der Waals surface area contributed by atoms with Gasteiger partial charge in [0.15, 0.2) is 11.6 Å². The molecule has 1 unspecified atom stereocenters. The quantitative estimate of drug-likeness (QED) is 0.173. The van der Waals surface area contributed by atoms with Crippen molar-refractivity contribution < 1.29 is 59.8 Å². The molecule has 0 radical (unpaired) electrons. The van der Waals surface area contributed by atoms with Gasteiger partial charge in [0.2, 0.25) is 17.7 Å². The number of hydrogen-bond acceptors (Lipinski definition) is 12. The second-order valence-electron chi connectivity index (χ2n) is 16.4. The fraction of sp³-hybridized carbons (Fsp3) is 1.00. The zero-order chi connectivity index (χ0) is 33.2. The largest absolute Gasteiger partial charge is 0.364 e. The first-order valence-corrected chi connectivity index (χ1v) is 15.9. The number of hydrogen-bond donors (Lipinski definition) is 10. The second kappa shape index (κ2) is 8.69. The molecule has 4 aliphatic carbocycles. The molecule has 14 heteroatoms. The summed E-state index contributed by atoms with van der Waals surface area (Å²) in [6.07, 6.45) is 3.24. The molecule has 0 amide bonds. The third kappa shape index (κ3) is 3.85. The predicted octanol–water partition coefficient (Wildman–Crippen LogP) is -0.130. The Morgan fingerprint density at radius 2 is 1.11 bits per heavy atom. The fourth-order valence-electron chi connectivity index (χ4n) is 9.77. The maximum atomic E-state index is 13.3. The average Bonchev–Trinajstić information content (AvgIpc) is 3.69. The molecule has 7 rings (SSSR count). The Morgan fingerprint density at radius 1 is 0.682 bits per heavy atom. The molecule has 0 aromatic heterocycles. The number of rotatable bonds is 6. The highest BCUT2D eigenvalue weighted by atomic mass is 19.3. The van der Waals surface area contributed by atoms with E-state index in [1.165, 1.54) is 0 Å². The molecule has 3 heterocycles. The molecule has 3 atom stereocenters. The zero-order valence-corrected chi connectivity index (χ0v) is 26.1. The number of alkyl halides is 2. The topological polar surface area (TPSA) is 209 Å². The van der Waals surface area contributed by atoms with Crippen LogP contribution in [-0.4, -0.2) is 114 Å². The van der Waals surface area contributed by atoms with Gasteiger partial charge in [0, 0.05) is 59.8 Å². The van der Waals surface area contributed by atoms with Crippen molar-refractivity contribution in [1.82, 2.24) is 9.80 Å². The van der Waals surface area contributed by atoms with Gasteiger partial charge < -0.3 is 51.1 Å². The van der Waals surface area contributed by atoms with Crippen LogP contribution >= 0.6 is 0 Å². The van der Waals surface area contributed by atoms with Crippen LogP contribution in [0.15, 0.2) is 0 Å². The lowest BCUT2D eigenvalue weighted by Crippen LogP contribution is -2.71. The molecule has 0 bridgehead atoms. The highest BCUT2D eigenvalue weighted by molar-refractivity contribution is 5.34. The van der Waals surface area contributed by atoms with Crippen molar-refractivity contribution >= 4 is 0 Å². The first-order chi connectivity index (χ1) is 19.7. The minimum atomic E-state index is -2.80. The summed E-state index contributed by atoms with van der Waals surface area (Å²) >= 11 is 0. The highest BCUT2D eigenvalue weighted by Crippen LogP contribution is 2.80. The second-order valence-corrected chi connectivity index (χ2v) is 16.4. The molecular formula is C30H50F2N2O10. The lowest BCUT2D eigenvalue weighted by molar-refractivity contribution is -0.408. The van der Waals surface area contributed by atoms with Crippen molar-refractivity contribution in [1.29, 1.82) is 0 Å². The van der Waals surface area contributed by atoms with Gasteiger partial charge in [-0.25, -0.2) is 13.7 Å². The van der Waals surface area contributed by atoms with Gasteiger partial charge in [0.1, 0.15) is 0 Å². The molecule has 4 saturated carbocycles. The molecule has 3 spiro atoms. The molecule has 0 aromatic carbocycles. The van der Waals surface area contributed by atoms with E-state index in [-0.39, 0.29) is 32.2 Å². The summed E-state index contributed by atoms with van der Waals surface area (Å²) in [6, 6.07) is 0. The van der Waals surface area contributed by atoms with Gasteiger partial charge in [-0.05, 0) is 51.9 Å². The summed E-state index contributed by atoms with van der Waals surface area (Å²) in [5.74, 6) is -16.6. The normalized spacial score (nSPS) is 39.2. The van der Waals surface area contributed by atoms with E-state index in [1.54, 1.807) is 34.6 Å². The third-order valence-electron chi connectivity index (χ3n) is 13.2. The Hall–Kier alpha value is -0.620. The minimum Gasteiger partial charge on any atom is -0.364 e. The monoisotopic (exact) mass is 636 g/mol. The maximum absolute atomic E-state index is 13.3. The summed E-state index contributed by atoms with van der Waals surface area (Å²) in [4.78, 5) is 1.92. The number of nitrogens with zero attached hydrogens (tertiary/aromatic N) is 2. The molecular weight excluding hydrogens is 586 g/mol. The first kappa shape index (κ1) is 33.3. The molecule has 12 nitrogen and oxygen atoms in total. The summed E-state index contributed by atoms with van der Waals surface area (Å²) in [5.41, 5.74) is -5.11. The third-order valence-corrected chi connectivity index (χ3v) is 13.2. The number of halogens is 2. The Morgan fingerprint density at radius 3 is 1.50 bits per heavy atom. The standard InChI is InChI=1S/C15H25F2NO4.C15H25NO6/c1-9(2)15(21,22)11(3)12(4-5-12)8-14(19,20)18(11)7-10-6-13(10,16)17;1-9(2)14(19,20)12-7-11(5-6-11)15(21,22)16(12)13(17,18)8-10(12)3-4-10/h9-10,19-22H,4-8H2,1-3H3;9,17-22H,3-8H2,1-2H3/t10?,11-;12-/m11/s1. The zero-order valence-electron chi connectivity index (χ0n) is 26.1. The number of aliphatic hydroxyl groups is 10. The molecule has 254 valence electrons. The summed E-state index contributed by atoms with van der Waals surface area (Å²) in [5, 5.41) is 106. The van der Waals surface area contributed by atoms with Crippen LogP contribution in [-0.2, 0) is 0 Å². The minimum absolute atomic E-state index is 0.0512. The average molecular weight is 637 g/mol. The van der Waals surface area contributed by atoms with E-state index < -0.39 is 80.3 Å². The molecule has 0 aromatic rings. The van der Waals surface area contributed by atoms with Gasteiger partial charge >= 0.3 is 0 Å². The molecule has 7 fully saturated rings. The van der Waals surface area contributed by atoms with E-state index in [1.807, 2.05) is 0 Å². The lowest BCUT2D eigenvalue weighted by atomic mass is 9.68.